The molecule has 0 saturated carbocycles. The van der Waals surface area contributed by atoms with E-state index in [-0.39, 0.29) is 0 Å². The second-order valence-corrected chi connectivity index (χ2v) is 17.7. The monoisotopic (exact) mass is 468 g/mol. The lowest BCUT2D eigenvalue weighted by Crippen LogP contribution is -2.73. The van der Waals surface area contributed by atoms with Crippen LogP contribution in [0.15, 0.2) is 152 Å². The third-order valence-corrected chi connectivity index (χ3v) is 18.6. The molecule has 0 radical (unpaired) electrons. The first-order valence-corrected chi connectivity index (χ1v) is 16.8. The second-order valence-electron chi connectivity index (χ2n) is 8.72. The van der Waals surface area contributed by atoms with Gasteiger partial charge in [-0.1, -0.05) is 173 Å². The number of hydrogen-bond donors (Lipinski definition) is 0. The zero-order valence-corrected chi connectivity index (χ0v) is 21.7. The Bertz CT molecular complexity index is 1250. The number of hydrogen-bond acceptors (Lipinski definition) is 0. The van der Waals surface area contributed by atoms with Gasteiger partial charge in [0.05, 0.1) is 9.04 Å². The van der Waals surface area contributed by atoms with E-state index in [1.54, 1.807) is 0 Å². The van der Waals surface area contributed by atoms with Crippen molar-refractivity contribution in [3.8, 4) is 0 Å². The van der Waals surface area contributed by atoms with Gasteiger partial charge in [0.25, 0.3) is 0 Å². The van der Waals surface area contributed by atoms with Gasteiger partial charge in [0, 0.05) is 0 Å². The van der Waals surface area contributed by atoms with Crippen molar-refractivity contribution in [3.05, 3.63) is 163 Å². The predicted molar refractivity (Wildman–Crippen MR) is 153 cm³/mol. The first-order valence-electron chi connectivity index (χ1n) is 11.8. The molecule has 0 spiro atoms. The Labute approximate surface area is 205 Å². The molecule has 0 amide bonds. The van der Waals surface area contributed by atoms with Crippen molar-refractivity contribution >= 4 is 42.9 Å². The zero-order valence-electron chi connectivity index (χ0n) is 19.3. The molecule has 0 aliphatic heterocycles. The van der Waals surface area contributed by atoms with Gasteiger partial charge in [-0.15, -0.1) is 0 Å². The van der Waals surface area contributed by atoms with E-state index in [9.17, 15) is 0 Å². The van der Waals surface area contributed by atoms with E-state index in [4.69, 9.17) is 0 Å². The molecule has 0 N–H and O–H groups in total. The fourth-order valence-electron chi connectivity index (χ4n) is 4.91. The zero-order chi connectivity index (χ0) is 23.2. The summed E-state index contributed by atoms with van der Waals surface area (Å²) in [7, 11) is -2.85. The maximum atomic E-state index is 4.36. The van der Waals surface area contributed by atoms with Crippen molar-refractivity contribution < 1.29 is 0 Å². The first-order chi connectivity index (χ1) is 16.8. The minimum absolute atomic E-state index is 0.693. The molecule has 34 heavy (non-hydrogen) atoms. The Hall–Kier alpha value is -3.73. The summed E-state index contributed by atoms with van der Waals surface area (Å²) < 4.78 is 0. The van der Waals surface area contributed by atoms with E-state index in [0.717, 1.165) is 5.57 Å². The van der Waals surface area contributed by atoms with Gasteiger partial charge in [-0.05, 0) is 16.7 Å². The lowest BCUT2D eigenvalue weighted by Gasteiger charge is -2.34. The van der Waals surface area contributed by atoms with E-state index in [2.05, 4.69) is 146 Å². The Morgan fingerprint density at radius 2 is 0.794 bits per heavy atom. The van der Waals surface area contributed by atoms with Crippen LogP contribution in [0.25, 0.3) is 5.57 Å². The van der Waals surface area contributed by atoms with Crippen LogP contribution in [0.3, 0.4) is 0 Å². The molecule has 5 aromatic rings. The summed E-state index contributed by atoms with van der Waals surface area (Å²) >= 11 is 0. The normalized spacial score (nSPS) is 11.5. The molecule has 0 aliphatic rings. The third kappa shape index (κ3) is 4.38. The Morgan fingerprint density at radius 1 is 0.441 bits per heavy atom. The molecule has 0 fully saturated rings. The summed E-state index contributed by atoms with van der Waals surface area (Å²) in [4.78, 5) is 0. The molecule has 0 atom stereocenters. The highest BCUT2D eigenvalue weighted by molar-refractivity contribution is 7.46. The smallest absolute Gasteiger partial charge is 0.0906 e. The fraction of sp³-hybridized carbons (Fsp3) is 0. The van der Waals surface area contributed by atoms with Crippen molar-refractivity contribution in [2.24, 2.45) is 0 Å². The standard InChI is InChI=1S/C32H28Si2/c1-26(27-14-6-2-7-15-27)28-22-24-29(25-23-28)33-34(30-16-8-3-9-17-30,31-18-10-4-11-19-31)32-20-12-5-13-21-32/h2-25H,1,33H2. The Kier molecular flexibility index (Phi) is 6.52. The van der Waals surface area contributed by atoms with Gasteiger partial charge in [-0.2, -0.15) is 0 Å². The molecule has 2 heteroatoms. The predicted octanol–water partition coefficient (Wildman–Crippen LogP) is 4.21. The Balaban J connectivity index is 1.60. The van der Waals surface area contributed by atoms with Crippen LogP contribution < -0.4 is 20.7 Å². The summed E-state index contributed by atoms with van der Waals surface area (Å²) in [6.45, 7) is 4.36. The highest BCUT2D eigenvalue weighted by atomic mass is 29.2. The highest BCUT2D eigenvalue weighted by Crippen LogP contribution is 2.20. The summed E-state index contributed by atoms with van der Waals surface area (Å²) in [6.07, 6.45) is 0. The van der Waals surface area contributed by atoms with Gasteiger partial charge in [-0.25, -0.2) is 0 Å². The van der Waals surface area contributed by atoms with E-state index >= 15 is 0 Å². The van der Waals surface area contributed by atoms with Crippen molar-refractivity contribution in [1.29, 1.82) is 0 Å². The van der Waals surface area contributed by atoms with E-state index in [1.807, 2.05) is 6.07 Å². The van der Waals surface area contributed by atoms with Crippen molar-refractivity contribution in [2.75, 3.05) is 0 Å². The average molecular weight is 469 g/mol. The highest BCUT2D eigenvalue weighted by Gasteiger charge is 2.39. The molecule has 0 nitrogen and oxygen atoms in total. The van der Waals surface area contributed by atoms with E-state index in [0.29, 0.717) is 0 Å². The summed E-state index contributed by atoms with van der Waals surface area (Å²) in [6, 6.07) is 53.4. The van der Waals surface area contributed by atoms with Crippen LogP contribution in [-0.2, 0) is 0 Å². The first kappa shape index (κ1) is 22.1. The van der Waals surface area contributed by atoms with Gasteiger partial charge in [0.1, 0.15) is 7.59 Å². The lowest BCUT2D eigenvalue weighted by molar-refractivity contribution is 1.57. The van der Waals surface area contributed by atoms with Crippen LogP contribution in [-0.4, -0.2) is 16.6 Å². The number of benzene rings is 5. The molecule has 0 aromatic heterocycles. The van der Waals surface area contributed by atoms with Crippen LogP contribution in [0.4, 0.5) is 0 Å². The number of rotatable bonds is 7. The van der Waals surface area contributed by atoms with Gasteiger partial charge >= 0.3 is 0 Å². The van der Waals surface area contributed by atoms with E-state index < -0.39 is 16.6 Å². The van der Waals surface area contributed by atoms with Gasteiger partial charge in [0.2, 0.25) is 0 Å². The minimum Gasteiger partial charge on any atom is -0.0906 e. The molecule has 0 bridgehead atoms. The molecular formula is C32H28Si2. The molecule has 0 unspecified atom stereocenters. The SMILES string of the molecule is C=C(c1ccccc1)c1ccc([SiH2][Si](c2ccccc2)(c2ccccc2)c2ccccc2)cc1. The van der Waals surface area contributed by atoms with Crippen LogP contribution in [0.1, 0.15) is 11.1 Å². The summed E-state index contributed by atoms with van der Waals surface area (Å²) in [5.41, 5.74) is 3.44. The van der Waals surface area contributed by atoms with Gasteiger partial charge in [0.15, 0.2) is 0 Å². The molecular weight excluding hydrogens is 441 g/mol. The lowest BCUT2D eigenvalue weighted by atomic mass is 10.00. The maximum absolute atomic E-state index is 4.36. The molecule has 0 aliphatic carbocycles. The minimum atomic E-state index is -2.16. The van der Waals surface area contributed by atoms with Crippen molar-refractivity contribution in [1.82, 2.24) is 0 Å². The summed E-state index contributed by atoms with van der Waals surface area (Å²) in [5, 5.41) is 5.98. The van der Waals surface area contributed by atoms with Crippen LogP contribution in [0.2, 0.25) is 0 Å². The van der Waals surface area contributed by atoms with Crippen LogP contribution in [0.5, 0.6) is 0 Å². The molecule has 5 aromatic carbocycles. The topological polar surface area (TPSA) is 0 Å². The van der Waals surface area contributed by atoms with Gasteiger partial charge < -0.3 is 0 Å². The van der Waals surface area contributed by atoms with Crippen molar-refractivity contribution in [3.63, 3.8) is 0 Å². The quantitative estimate of drug-likeness (QED) is 0.248. The molecule has 5 rings (SSSR count). The van der Waals surface area contributed by atoms with Crippen molar-refractivity contribution in [2.45, 2.75) is 0 Å². The van der Waals surface area contributed by atoms with Gasteiger partial charge in [-0.3, -0.25) is 0 Å². The average Bonchev–Trinajstić information content (AvgIpc) is 2.94. The second kappa shape index (κ2) is 10.0. The largest absolute Gasteiger partial charge is 0.137 e. The van der Waals surface area contributed by atoms with E-state index in [1.165, 1.54) is 31.9 Å². The molecule has 164 valence electrons. The fourth-order valence-corrected chi connectivity index (χ4v) is 16.4. The third-order valence-electron chi connectivity index (χ3n) is 6.69. The molecule has 0 saturated heterocycles. The van der Waals surface area contributed by atoms with Crippen LogP contribution in [0, 0.1) is 0 Å². The van der Waals surface area contributed by atoms with Crippen LogP contribution >= 0.6 is 0 Å². The molecule has 0 heterocycles. The summed E-state index contributed by atoms with van der Waals surface area (Å²) in [5.74, 6) is 0. The Morgan fingerprint density at radius 3 is 1.21 bits per heavy atom. The maximum Gasteiger partial charge on any atom is 0.137 e.